The minimum absolute atomic E-state index is 0.0481. The van der Waals surface area contributed by atoms with Crippen molar-refractivity contribution in [2.45, 2.75) is 19.4 Å². The summed E-state index contributed by atoms with van der Waals surface area (Å²) in [6.07, 6.45) is 0.428. The van der Waals surface area contributed by atoms with Crippen molar-refractivity contribution in [1.29, 1.82) is 0 Å². The molecule has 4 rings (SSSR count). The molecule has 7 nitrogen and oxygen atoms in total. The molecule has 3 aromatic carbocycles. The van der Waals surface area contributed by atoms with Gasteiger partial charge < -0.3 is 24.2 Å². The van der Waals surface area contributed by atoms with E-state index in [0.717, 1.165) is 5.56 Å². The lowest BCUT2D eigenvalue weighted by Gasteiger charge is -2.25. The molecule has 0 spiro atoms. The van der Waals surface area contributed by atoms with Crippen molar-refractivity contribution in [2.75, 3.05) is 27.4 Å². The molecule has 0 saturated carbocycles. The molecule has 0 bridgehead atoms. The van der Waals surface area contributed by atoms with E-state index in [0.29, 0.717) is 35.8 Å². The summed E-state index contributed by atoms with van der Waals surface area (Å²) in [6.45, 7) is 2.57. The smallest absolute Gasteiger partial charge is 0.295 e. The topological polar surface area (TPSA) is 85.3 Å². The van der Waals surface area contributed by atoms with Gasteiger partial charge in [-0.05, 0) is 73.0 Å². The van der Waals surface area contributed by atoms with E-state index in [1.54, 1.807) is 44.6 Å². The summed E-state index contributed by atoms with van der Waals surface area (Å²) >= 11 is 0. The lowest BCUT2D eigenvalue weighted by molar-refractivity contribution is -0.139. The highest BCUT2D eigenvalue weighted by Crippen LogP contribution is 2.40. The van der Waals surface area contributed by atoms with Crippen LogP contribution in [0.25, 0.3) is 5.76 Å². The van der Waals surface area contributed by atoms with Crippen LogP contribution < -0.4 is 14.2 Å². The van der Waals surface area contributed by atoms with Crippen LogP contribution in [-0.4, -0.2) is 49.1 Å². The number of rotatable bonds is 9. The highest BCUT2D eigenvalue weighted by atomic mass is 19.1. The first-order chi connectivity index (χ1) is 17.9. The van der Waals surface area contributed by atoms with Gasteiger partial charge in [-0.25, -0.2) is 4.39 Å². The average Bonchev–Trinajstić information content (AvgIpc) is 3.17. The highest BCUT2D eigenvalue weighted by molar-refractivity contribution is 6.46. The van der Waals surface area contributed by atoms with E-state index in [4.69, 9.17) is 14.2 Å². The number of hydrogen-bond donors (Lipinski definition) is 1. The van der Waals surface area contributed by atoms with Crippen LogP contribution in [0.4, 0.5) is 4.39 Å². The zero-order valence-electron chi connectivity index (χ0n) is 20.9. The molecule has 0 aromatic heterocycles. The standard InChI is InChI=1S/C29H28FNO6/c1-4-37-22-12-8-19(9-13-22)26-25(27(32)20-6-10-21(30)11-7-20)28(33)29(34)31(26)16-15-18-5-14-23(35-2)24(17-18)36-3/h5-14,17,26,32H,4,15-16H2,1-3H3. The number of Topliss-reactive ketones (excluding diaryl/α,β-unsaturated/α-hetero) is 1. The van der Waals surface area contributed by atoms with Gasteiger partial charge in [0.15, 0.2) is 11.5 Å². The largest absolute Gasteiger partial charge is 0.507 e. The van der Waals surface area contributed by atoms with Gasteiger partial charge >= 0.3 is 0 Å². The molecule has 8 heteroatoms. The van der Waals surface area contributed by atoms with Crippen molar-refractivity contribution in [3.8, 4) is 17.2 Å². The van der Waals surface area contributed by atoms with Crippen LogP contribution in [0.15, 0.2) is 72.3 Å². The van der Waals surface area contributed by atoms with Crippen LogP contribution in [0.3, 0.4) is 0 Å². The Labute approximate surface area is 214 Å². The monoisotopic (exact) mass is 505 g/mol. The summed E-state index contributed by atoms with van der Waals surface area (Å²) in [5, 5.41) is 11.1. The molecule has 192 valence electrons. The number of benzene rings is 3. The SMILES string of the molecule is CCOc1ccc(C2C(=C(O)c3ccc(F)cc3)C(=O)C(=O)N2CCc2ccc(OC)c(OC)c2)cc1. The number of nitrogens with zero attached hydrogens (tertiary/aromatic N) is 1. The minimum Gasteiger partial charge on any atom is -0.507 e. The van der Waals surface area contributed by atoms with Crippen molar-refractivity contribution < 1.29 is 33.3 Å². The van der Waals surface area contributed by atoms with Gasteiger partial charge in [0.1, 0.15) is 17.3 Å². The van der Waals surface area contributed by atoms with E-state index in [-0.39, 0.29) is 23.4 Å². The van der Waals surface area contributed by atoms with Gasteiger partial charge in [-0.15, -0.1) is 0 Å². The molecular weight excluding hydrogens is 477 g/mol. The Kier molecular flexibility index (Phi) is 7.77. The average molecular weight is 506 g/mol. The molecule has 1 aliphatic heterocycles. The molecule has 1 atom stereocenters. The molecule has 1 heterocycles. The number of halogens is 1. The normalized spacial score (nSPS) is 16.6. The summed E-state index contributed by atoms with van der Waals surface area (Å²) < 4.78 is 29.7. The highest BCUT2D eigenvalue weighted by Gasteiger charge is 2.45. The molecule has 1 amide bonds. The van der Waals surface area contributed by atoms with Gasteiger partial charge in [0, 0.05) is 12.1 Å². The number of amides is 1. The quantitative estimate of drug-likeness (QED) is 0.253. The van der Waals surface area contributed by atoms with Gasteiger partial charge in [0.2, 0.25) is 0 Å². The zero-order chi connectivity index (χ0) is 26.5. The summed E-state index contributed by atoms with van der Waals surface area (Å²) in [4.78, 5) is 27.9. The number of carbonyl (C=O) groups excluding carboxylic acids is 2. The third kappa shape index (κ3) is 5.28. The molecule has 0 aliphatic carbocycles. The maximum atomic E-state index is 13.5. The first-order valence-electron chi connectivity index (χ1n) is 11.9. The van der Waals surface area contributed by atoms with Crippen molar-refractivity contribution in [3.05, 3.63) is 94.8 Å². The lowest BCUT2D eigenvalue weighted by Crippen LogP contribution is -2.31. The summed E-state index contributed by atoms with van der Waals surface area (Å²) in [5.41, 5.74) is 1.71. The first kappa shape index (κ1) is 25.8. The second-order valence-electron chi connectivity index (χ2n) is 8.44. The molecule has 37 heavy (non-hydrogen) atoms. The Hall–Kier alpha value is -4.33. The fraction of sp³-hybridized carbons (Fsp3) is 0.241. The maximum Gasteiger partial charge on any atom is 0.295 e. The van der Waals surface area contributed by atoms with Crippen molar-refractivity contribution in [2.24, 2.45) is 0 Å². The Balaban J connectivity index is 1.73. The van der Waals surface area contributed by atoms with E-state index in [2.05, 4.69) is 0 Å². The molecule has 0 radical (unpaired) electrons. The van der Waals surface area contributed by atoms with E-state index in [1.807, 2.05) is 19.1 Å². The van der Waals surface area contributed by atoms with E-state index >= 15 is 0 Å². The third-order valence-electron chi connectivity index (χ3n) is 6.25. The first-order valence-corrected chi connectivity index (χ1v) is 11.9. The van der Waals surface area contributed by atoms with E-state index in [1.165, 1.54) is 29.2 Å². The number of ether oxygens (including phenoxy) is 3. The third-order valence-corrected chi connectivity index (χ3v) is 6.25. The van der Waals surface area contributed by atoms with Crippen LogP contribution in [0.1, 0.15) is 29.7 Å². The predicted octanol–water partition coefficient (Wildman–Crippen LogP) is 4.91. The summed E-state index contributed by atoms with van der Waals surface area (Å²) in [7, 11) is 3.09. The van der Waals surface area contributed by atoms with E-state index in [9.17, 15) is 19.1 Å². The Morgan fingerprint density at radius 2 is 1.62 bits per heavy atom. The van der Waals surface area contributed by atoms with Crippen LogP contribution in [0.5, 0.6) is 17.2 Å². The van der Waals surface area contributed by atoms with Crippen molar-refractivity contribution in [3.63, 3.8) is 0 Å². The van der Waals surface area contributed by atoms with Gasteiger partial charge in [-0.3, -0.25) is 9.59 Å². The number of likely N-dealkylation sites (tertiary alicyclic amines) is 1. The Morgan fingerprint density at radius 3 is 2.24 bits per heavy atom. The van der Waals surface area contributed by atoms with Crippen LogP contribution in [0, 0.1) is 5.82 Å². The van der Waals surface area contributed by atoms with Gasteiger partial charge in [0.05, 0.1) is 32.4 Å². The maximum absolute atomic E-state index is 13.5. The molecule has 3 aromatic rings. The molecule has 1 aliphatic rings. The number of methoxy groups -OCH3 is 2. The van der Waals surface area contributed by atoms with Crippen LogP contribution in [0.2, 0.25) is 0 Å². The number of ketones is 1. The predicted molar refractivity (Wildman–Crippen MR) is 136 cm³/mol. The molecular formula is C29H28FNO6. The molecule has 1 N–H and O–H groups in total. The second kappa shape index (κ2) is 11.2. The van der Waals surface area contributed by atoms with Crippen molar-refractivity contribution in [1.82, 2.24) is 4.90 Å². The number of hydrogen-bond acceptors (Lipinski definition) is 6. The fourth-order valence-electron chi connectivity index (χ4n) is 4.42. The number of aliphatic hydroxyl groups is 1. The Bertz CT molecular complexity index is 1320. The summed E-state index contributed by atoms with van der Waals surface area (Å²) in [6, 6.07) is 16.8. The van der Waals surface area contributed by atoms with Gasteiger partial charge in [-0.1, -0.05) is 18.2 Å². The summed E-state index contributed by atoms with van der Waals surface area (Å²) in [5.74, 6) is -0.564. The van der Waals surface area contributed by atoms with Crippen LogP contribution >= 0.6 is 0 Å². The molecule has 1 fully saturated rings. The fourth-order valence-corrected chi connectivity index (χ4v) is 4.42. The zero-order valence-corrected chi connectivity index (χ0v) is 20.9. The minimum atomic E-state index is -0.833. The van der Waals surface area contributed by atoms with Crippen LogP contribution in [-0.2, 0) is 16.0 Å². The van der Waals surface area contributed by atoms with Crippen molar-refractivity contribution >= 4 is 17.4 Å². The van der Waals surface area contributed by atoms with Gasteiger partial charge in [0.25, 0.3) is 11.7 Å². The second-order valence-corrected chi connectivity index (χ2v) is 8.44. The lowest BCUT2D eigenvalue weighted by atomic mass is 9.95. The van der Waals surface area contributed by atoms with E-state index < -0.39 is 23.5 Å². The molecule has 1 unspecified atom stereocenters. The molecule has 1 saturated heterocycles. The Morgan fingerprint density at radius 1 is 0.946 bits per heavy atom. The number of aliphatic hydroxyl groups excluding tert-OH is 1. The van der Waals surface area contributed by atoms with Gasteiger partial charge in [-0.2, -0.15) is 0 Å². The number of carbonyl (C=O) groups is 2.